The minimum atomic E-state index is 0.124. The summed E-state index contributed by atoms with van der Waals surface area (Å²) < 4.78 is 1.81. The third-order valence-electron chi connectivity index (χ3n) is 3.76. The topological polar surface area (TPSA) is 63.9 Å². The fourth-order valence-electron chi connectivity index (χ4n) is 2.78. The molecule has 0 aliphatic carbocycles. The first-order valence-corrected chi connectivity index (χ1v) is 7.14. The van der Waals surface area contributed by atoms with Gasteiger partial charge in [-0.25, -0.2) is 9.67 Å². The summed E-state index contributed by atoms with van der Waals surface area (Å²) in [5.41, 5.74) is 0.721. The summed E-state index contributed by atoms with van der Waals surface area (Å²) in [7, 11) is 0. The lowest BCUT2D eigenvalue weighted by Gasteiger charge is -2.35. The number of rotatable bonds is 2. The van der Waals surface area contributed by atoms with E-state index >= 15 is 0 Å². The van der Waals surface area contributed by atoms with Crippen LogP contribution in [0.4, 0.5) is 0 Å². The van der Waals surface area contributed by atoms with Crippen LogP contribution in [0.15, 0.2) is 12.4 Å². The summed E-state index contributed by atoms with van der Waals surface area (Å²) in [6.07, 6.45) is 6.61. The highest BCUT2D eigenvalue weighted by Gasteiger charge is 2.25. The Labute approximate surface area is 121 Å². The van der Waals surface area contributed by atoms with Crippen molar-refractivity contribution in [3.63, 3.8) is 0 Å². The molecular formula is C13H16ClN5O. The Kier molecular flexibility index (Phi) is 3.56. The predicted molar refractivity (Wildman–Crippen MR) is 75.4 cm³/mol. The van der Waals surface area contributed by atoms with Gasteiger partial charge in [-0.05, 0) is 30.9 Å². The van der Waals surface area contributed by atoms with Gasteiger partial charge in [-0.2, -0.15) is 10.1 Å². The number of aromatic nitrogens is 4. The largest absolute Gasteiger partial charge is 0.338 e. The van der Waals surface area contributed by atoms with Gasteiger partial charge in [0.15, 0.2) is 5.65 Å². The molecule has 1 fully saturated rings. The fourth-order valence-corrected chi connectivity index (χ4v) is 2.91. The zero-order valence-corrected chi connectivity index (χ0v) is 12.0. The van der Waals surface area contributed by atoms with Crippen LogP contribution in [0.25, 0.3) is 11.0 Å². The highest BCUT2D eigenvalue weighted by molar-refractivity contribution is 6.28. The number of fused-ring (bicyclic) bond motifs is 1. The molecule has 0 spiro atoms. The number of nitrogens with zero attached hydrogens (tertiary/aromatic N) is 5. The number of likely N-dealkylation sites (tertiary alicyclic amines) is 1. The van der Waals surface area contributed by atoms with Gasteiger partial charge < -0.3 is 4.90 Å². The lowest BCUT2D eigenvalue weighted by molar-refractivity contribution is -0.132. The summed E-state index contributed by atoms with van der Waals surface area (Å²) >= 11 is 5.84. The van der Waals surface area contributed by atoms with Crippen LogP contribution in [0.5, 0.6) is 0 Å². The molecule has 1 amide bonds. The highest BCUT2D eigenvalue weighted by atomic mass is 35.5. The number of carbonyl (C=O) groups is 1. The van der Waals surface area contributed by atoms with Crippen LogP contribution >= 0.6 is 11.6 Å². The van der Waals surface area contributed by atoms with Crippen molar-refractivity contribution in [1.29, 1.82) is 0 Å². The van der Waals surface area contributed by atoms with E-state index in [-0.39, 0.29) is 17.2 Å². The standard InChI is InChI=1S/C13H16ClN5O/c1-9(20)18-5-3-2-4-11(18)8-19-12-10(7-16-19)6-15-13(14)17-12/h6-7,11H,2-5,8H2,1H3/t11-/m0/s1. The molecular weight excluding hydrogens is 278 g/mol. The van der Waals surface area contributed by atoms with Crippen LogP contribution in [0.3, 0.4) is 0 Å². The molecule has 1 saturated heterocycles. The van der Waals surface area contributed by atoms with Crippen LogP contribution in [0, 0.1) is 0 Å². The van der Waals surface area contributed by atoms with E-state index in [1.54, 1.807) is 19.3 Å². The second-order valence-electron chi connectivity index (χ2n) is 5.11. The summed E-state index contributed by atoms with van der Waals surface area (Å²) in [6, 6.07) is 0.179. The van der Waals surface area contributed by atoms with E-state index in [4.69, 9.17) is 11.6 Å². The first kappa shape index (κ1) is 13.3. The SMILES string of the molecule is CC(=O)N1CCCC[C@H]1Cn1ncc2cnc(Cl)nc21. The van der Waals surface area contributed by atoms with Crippen LogP contribution in [0.2, 0.25) is 5.28 Å². The average molecular weight is 294 g/mol. The molecule has 2 aromatic rings. The molecule has 1 aliphatic rings. The molecule has 7 heteroatoms. The first-order valence-electron chi connectivity index (χ1n) is 6.76. The minimum Gasteiger partial charge on any atom is -0.338 e. The normalized spacial score (nSPS) is 19.5. The van der Waals surface area contributed by atoms with Gasteiger partial charge >= 0.3 is 0 Å². The van der Waals surface area contributed by atoms with Gasteiger partial charge in [0.05, 0.1) is 24.2 Å². The molecule has 1 aliphatic heterocycles. The van der Waals surface area contributed by atoms with E-state index in [1.165, 1.54) is 0 Å². The fraction of sp³-hybridized carbons (Fsp3) is 0.538. The van der Waals surface area contributed by atoms with Gasteiger partial charge in [0.2, 0.25) is 11.2 Å². The van der Waals surface area contributed by atoms with Gasteiger partial charge in [0, 0.05) is 19.7 Å². The zero-order chi connectivity index (χ0) is 14.1. The van der Waals surface area contributed by atoms with Gasteiger partial charge in [-0.1, -0.05) is 0 Å². The van der Waals surface area contributed by atoms with Crippen molar-refractivity contribution in [3.8, 4) is 0 Å². The second kappa shape index (κ2) is 5.36. The van der Waals surface area contributed by atoms with Crippen molar-refractivity contribution in [2.75, 3.05) is 6.54 Å². The first-order chi connectivity index (χ1) is 9.65. The molecule has 2 aromatic heterocycles. The summed E-state index contributed by atoms with van der Waals surface area (Å²) in [5, 5.41) is 5.42. The summed E-state index contributed by atoms with van der Waals surface area (Å²) in [6.45, 7) is 3.10. The number of amides is 1. The van der Waals surface area contributed by atoms with E-state index in [0.717, 1.165) is 36.8 Å². The smallest absolute Gasteiger partial charge is 0.224 e. The summed E-state index contributed by atoms with van der Waals surface area (Å²) in [4.78, 5) is 21.8. The maximum atomic E-state index is 11.7. The van der Waals surface area contributed by atoms with Crippen LogP contribution < -0.4 is 0 Å². The Balaban J connectivity index is 1.88. The molecule has 106 valence electrons. The molecule has 6 nitrogen and oxygen atoms in total. The number of carbonyl (C=O) groups excluding carboxylic acids is 1. The van der Waals surface area contributed by atoms with Crippen molar-refractivity contribution in [3.05, 3.63) is 17.7 Å². The van der Waals surface area contributed by atoms with E-state index in [0.29, 0.717) is 6.54 Å². The predicted octanol–water partition coefficient (Wildman–Crippen LogP) is 1.88. The zero-order valence-electron chi connectivity index (χ0n) is 11.3. The maximum absolute atomic E-state index is 11.7. The van der Waals surface area contributed by atoms with E-state index in [2.05, 4.69) is 15.1 Å². The highest BCUT2D eigenvalue weighted by Crippen LogP contribution is 2.20. The lowest BCUT2D eigenvalue weighted by Crippen LogP contribution is -2.44. The third kappa shape index (κ3) is 2.47. The molecule has 0 bridgehead atoms. The number of hydrogen-bond donors (Lipinski definition) is 0. The molecule has 0 unspecified atom stereocenters. The molecule has 20 heavy (non-hydrogen) atoms. The van der Waals surface area contributed by atoms with E-state index in [9.17, 15) is 4.79 Å². The molecule has 0 aromatic carbocycles. The average Bonchev–Trinajstić information content (AvgIpc) is 2.82. The number of hydrogen-bond acceptors (Lipinski definition) is 4. The Morgan fingerprint density at radius 2 is 2.30 bits per heavy atom. The van der Waals surface area contributed by atoms with Gasteiger partial charge in [0.1, 0.15) is 0 Å². The Hall–Kier alpha value is -1.69. The maximum Gasteiger partial charge on any atom is 0.224 e. The van der Waals surface area contributed by atoms with Gasteiger partial charge in [-0.3, -0.25) is 4.79 Å². The monoisotopic (exact) mass is 293 g/mol. The van der Waals surface area contributed by atoms with E-state index < -0.39 is 0 Å². The molecule has 3 rings (SSSR count). The second-order valence-corrected chi connectivity index (χ2v) is 5.44. The minimum absolute atomic E-state index is 0.124. The van der Waals surface area contributed by atoms with Gasteiger partial charge in [-0.15, -0.1) is 0 Å². The van der Waals surface area contributed by atoms with Crippen molar-refractivity contribution in [2.24, 2.45) is 0 Å². The molecule has 3 heterocycles. The summed E-state index contributed by atoms with van der Waals surface area (Å²) in [5.74, 6) is 0.124. The molecule has 0 N–H and O–H groups in total. The third-order valence-corrected chi connectivity index (χ3v) is 3.94. The molecule has 0 radical (unpaired) electrons. The molecule has 0 saturated carbocycles. The van der Waals surface area contributed by atoms with Crippen LogP contribution in [-0.4, -0.2) is 43.1 Å². The Bertz CT molecular complexity index is 641. The van der Waals surface area contributed by atoms with E-state index in [1.807, 2.05) is 9.58 Å². The lowest BCUT2D eigenvalue weighted by atomic mass is 10.0. The quantitative estimate of drug-likeness (QED) is 0.793. The van der Waals surface area contributed by atoms with Gasteiger partial charge in [0.25, 0.3) is 0 Å². The Morgan fingerprint density at radius 1 is 1.45 bits per heavy atom. The molecule has 1 atom stereocenters. The van der Waals surface area contributed by atoms with Crippen molar-refractivity contribution < 1.29 is 4.79 Å². The number of piperidine rings is 1. The van der Waals surface area contributed by atoms with Crippen molar-refractivity contribution in [2.45, 2.75) is 38.8 Å². The van der Waals surface area contributed by atoms with Crippen molar-refractivity contribution >= 4 is 28.5 Å². The van der Waals surface area contributed by atoms with Crippen LogP contribution in [0.1, 0.15) is 26.2 Å². The Morgan fingerprint density at radius 3 is 3.10 bits per heavy atom. The number of halogens is 1. The van der Waals surface area contributed by atoms with Crippen molar-refractivity contribution in [1.82, 2.24) is 24.6 Å². The van der Waals surface area contributed by atoms with Crippen LogP contribution in [-0.2, 0) is 11.3 Å².